The summed E-state index contributed by atoms with van der Waals surface area (Å²) in [5.41, 5.74) is 0. The molecule has 0 saturated carbocycles. The Morgan fingerprint density at radius 3 is 2.60 bits per heavy atom. The van der Waals surface area contributed by atoms with Crippen LogP contribution in [0, 0.1) is 0 Å². The third kappa shape index (κ3) is 4.15. The third-order valence-corrected chi connectivity index (χ3v) is 5.00. The monoisotopic (exact) mass is 343 g/mol. The van der Waals surface area contributed by atoms with Crippen molar-refractivity contribution in [2.75, 3.05) is 51.0 Å². The summed E-state index contributed by atoms with van der Waals surface area (Å²) in [5.74, 6) is 2.26. The zero-order valence-electron chi connectivity index (χ0n) is 11.5. The summed E-state index contributed by atoms with van der Waals surface area (Å²) in [6.07, 6.45) is 0.958. The van der Waals surface area contributed by atoms with Crippen molar-refractivity contribution in [3.8, 4) is 0 Å². The molecule has 118 valence electrons. The zero-order valence-corrected chi connectivity index (χ0v) is 13.9. The molecule has 3 fully saturated rings. The SMILES string of the molecule is Cl.Cl.O=C([C@@H]1C[C@H](N2CCOCC2)CN1)N1CCSC1. The fraction of sp³-hybridized carbons (Fsp3) is 0.917. The first-order chi connectivity index (χ1) is 8.84. The van der Waals surface area contributed by atoms with Gasteiger partial charge in [0.2, 0.25) is 5.91 Å². The number of nitrogens with one attached hydrogen (secondary N) is 1. The summed E-state index contributed by atoms with van der Waals surface area (Å²) >= 11 is 1.85. The molecule has 0 bridgehead atoms. The molecule has 3 aliphatic rings. The van der Waals surface area contributed by atoms with Crippen molar-refractivity contribution in [3.63, 3.8) is 0 Å². The van der Waals surface area contributed by atoms with Crippen LogP contribution in [0.3, 0.4) is 0 Å². The zero-order chi connectivity index (χ0) is 12.4. The molecule has 0 aromatic carbocycles. The van der Waals surface area contributed by atoms with E-state index in [4.69, 9.17) is 4.74 Å². The van der Waals surface area contributed by atoms with E-state index in [0.29, 0.717) is 11.9 Å². The number of thioether (sulfide) groups is 1. The summed E-state index contributed by atoms with van der Waals surface area (Å²) < 4.78 is 5.37. The molecule has 0 spiro atoms. The Bertz CT molecular complexity index is 313. The smallest absolute Gasteiger partial charge is 0.240 e. The third-order valence-electron chi connectivity index (χ3n) is 4.03. The highest BCUT2D eigenvalue weighted by atomic mass is 35.5. The van der Waals surface area contributed by atoms with E-state index in [-0.39, 0.29) is 30.9 Å². The summed E-state index contributed by atoms with van der Waals surface area (Å²) in [6, 6.07) is 0.551. The van der Waals surface area contributed by atoms with Crippen LogP contribution >= 0.6 is 36.6 Å². The van der Waals surface area contributed by atoms with Gasteiger partial charge in [0.25, 0.3) is 0 Å². The van der Waals surface area contributed by atoms with Gasteiger partial charge in [0.05, 0.1) is 25.1 Å². The Morgan fingerprint density at radius 2 is 1.95 bits per heavy atom. The molecular weight excluding hydrogens is 321 g/mol. The lowest BCUT2D eigenvalue weighted by atomic mass is 10.1. The van der Waals surface area contributed by atoms with Crippen molar-refractivity contribution in [2.24, 2.45) is 0 Å². The Morgan fingerprint density at radius 1 is 1.20 bits per heavy atom. The quantitative estimate of drug-likeness (QED) is 0.787. The van der Waals surface area contributed by atoms with Gasteiger partial charge in [-0.2, -0.15) is 0 Å². The molecule has 3 heterocycles. The number of carbonyl (C=O) groups is 1. The van der Waals surface area contributed by atoms with Crippen molar-refractivity contribution >= 4 is 42.5 Å². The van der Waals surface area contributed by atoms with Gasteiger partial charge < -0.3 is 15.0 Å². The number of halogens is 2. The van der Waals surface area contributed by atoms with E-state index in [1.165, 1.54) is 0 Å². The number of hydrogen-bond donors (Lipinski definition) is 1. The van der Waals surface area contributed by atoms with Crippen molar-refractivity contribution in [1.29, 1.82) is 0 Å². The second-order valence-electron chi connectivity index (χ2n) is 5.14. The average Bonchev–Trinajstić information content (AvgIpc) is 3.10. The molecule has 2 atom stereocenters. The molecule has 20 heavy (non-hydrogen) atoms. The van der Waals surface area contributed by atoms with Crippen molar-refractivity contribution in [1.82, 2.24) is 15.1 Å². The van der Waals surface area contributed by atoms with Gasteiger partial charge in [-0.15, -0.1) is 36.6 Å². The Kier molecular flexibility index (Phi) is 7.93. The van der Waals surface area contributed by atoms with Crippen LogP contribution in [0.4, 0.5) is 0 Å². The highest BCUT2D eigenvalue weighted by Crippen LogP contribution is 2.20. The van der Waals surface area contributed by atoms with Gasteiger partial charge in [0, 0.05) is 38.0 Å². The van der Waals surface area contributed by atoms with Crippen LogP contribution in [0.1, 0.15) is 6.42 Å². The van der Waals surface area contributed by atoms with Crippen molar-refractivity contribution < 1.29 is 9.53 Å². The minimum absolute atomic E-state index is 0. The fourth-order valence-electron chi connectivity index (χ4n) is 2.93. The first kappa shape index (κ1) is 18.3. The van der Waals surface area contributed by atoms with E-state index >= 15 is 0 Å². The highest BCUT2D eigenvalue weighted by molar-refractivity contribution is 7.99. The van der Waals surface area contributed by atoms with Gasteiger partial charge in [-0.3, -0.25) is 9.69 Å². The molecule has 1 amide bonds. The lowest BCUT2D eigenvalue weighted by Crippen LogP contribution is -2.44. The predicted octanol–water partition coefficient (Wildman–Crippen LogP) is 0.426. The molecule has 3 rings (SSSR count). The van der Waals surface area contributed by atoms with Gasteiger partial charge in [0.1, 0.15) is 0 Å². The maximum absolute atomic E-state index is 12.3. The normalized spacial score (nSPS) is 30.7. The molecule has 3 aliphatic heterocycles. The van der Waals surface area contributed by atoms with Gasteiger partial charge in [-0.1, -0.05) is 0 Å². The number of amides is 1. The van der Waals surface area contributed by atoms with Crippen LogP contribution in [0.5, 0.6) is 0 Å². The van der Waals surface area contributed by atoms with Gasteiger partial charge >= 0.3 is 0 Å². The van der Waals surface area contributed by atoms with E-state index in [1.54, 1.807) is 0 Å². The van der Waals surface area contributed by atoms with Gasteiger partial charge in [-0.25, -0.2) is 0 Å². The molecule has 0 radical (unpaired) electrons. The first-order valence-corrected chi connectivity index (χ1v) is 7.92. The van der Waals surface area contributed by atoms with Crippen molar-refractivity contribution in [3.05, 3.63) is 0 Å². The second-order valence-corrected chi connectivity index (χ2v) is 6.21. The average molecular weight is 344 g/mol. The fourth-order valence-corrected chi connectivity index (χ4v) is 3.89. The predicted molar refractivity (Wildman–Crippen MR) is 86.1 cm³/mol. The minimum atomic E-state index is 0. The summed E-state index contributed by atoms with van der Waals surface area (Å²) in [5, 5.41) is 3.40. The standard InChI is InChI=1S/C12H21N3O2S.2ClH/c16-12(15-3-6-18-9-15)11-7-10(8-13-11)14-1-4-17-5-2-14;;/h10-11,13H,1-9H2;2*1H/t10-,11-;;/m0../s1. The van der Waals surface area contributed by atoms with E-state index in [2.05, 4.69) is 10.2 Å². The molecule has 0 aromatic rings. The van der Waals surface area contributed by atoms with Crippen LogP contribution in [-0.4, -0.2) is 78.8 Å². The van der Waals surface area contributed by atoms with Crippen LogP contribution < -0.4 is 5.32 Å². The number of morpholine rings is 1. The molecular formula is C12H23Cl2N3O2S. The summed E-state index contributed by atoms with van der Waals surface area (Å²) in [4.78, 5) is 16.7. The Balaban J connectivity index is 0.000001000. The maximum Gasteiger partial charge on any atom is 0.240 e. The topological polar surface area (TPSA) is 44.8 Å². The lowest BCUT2D eigenvalue weighted by Gasteiger charge is -2.31. The van der Waals surface area contributed by atoms with Crippen LogP contribution in [0.2, 0.25) is 0 Å². The van der Waals surface area contributed by atoms with E-state index in [1.807, 2.05) is 16.7 Å². The number of ether oxygens (including phenoxy) is 1. The first-order valence-electron chi connectivity index (χ1n) is 6.76. The highest BCUT2D eigenvalue weighted by Gasteiger charge is 2.36. The number of hydrogen-bond acceptors (Lipinski definition) is 5. The van der Waals surface area contributed by atoms with Gasteiger partial charge in [0.15, 0.2) is 0 Å². The number of rotatable bonds is 2. The van der Waals surface area contributed by atoms with E-state index in [0.717, 1.165) is 57.4 Å². The maximum atomic E-state index is 12.3. The van der Waals surface area contributed by atoms with Crippen LogP contribution in [0.25, 0.3) is 0 Å². The molecule has 0 unspecified atom stereocenters. The van der Waals surface area contributed by atoms with Crippen molar-refractivity contribution in [2.45, 2.75) is 18.5 Å². The molecule has 8 heteroatoms. The molecule has 5 nitrogen and oxygen atoms in total. The molecule has 3 saturated heterocycles. The lowest BCUT2D eigenvalue weighted by molar-refractivity contribution is -0.131. The molecule has 0 aromatic heterocycles. The minimum Gasteiger partial charge on any atom is -0.379 e. The number of carbonyl (C=O) groups excluding carboxylic acids is 1. The van der Waals surface area contributed by atoms with E-state index in [9.17, 15) is 4.79 Å². The second kappa shape index (κ2) is 8.66. The Labute approximate surface area is 137 Å². The van der Waals surface area contributed by atoms with Crippen LogP contribution in [-0.2, 0) is 9.53 Å². The van der Waals surface area contributed by atoms with E-state index < -0.39 is 0 Å². The summed E-state index contributed by atoms with van der Waals surface area (Å²) in [7, 11) is 0. The largest absolute Gasteiger partial charge is 0.379 e. The van der Waals surface area contributed by atoms with Gasteiger partial charge in [-0.05, 0) is 6.42 Å². The Hall–Kier alpha value is 0.280. The molecule has 0 aliphatic carbocycles. The molecule has 1 N–H and O–H groups in total. The van der Waals surface area contributed by atoms with Crippen LogP contribution in [0.15, 0.2) is 0 Å². The number of nitrogens with zero attached hydrogens (tertiary/aromatic N) is 2. The summed E-state index contributed by atoms with van der Waals surface area (Å²) in [6.45, 7) is 5.54.